The van der Waals surface area contributed by atoms with Gasteiger partial charge >= 0.3 is 0 Å². The van der Waals surface area contributed by atoms with Crippen LogP contribution in [-0.4, -0.2) is 25.1 Å². The van der Waals surface area contributed by atoms with Crippen LogP contribution in [0.15, 0.2) is 36.5 Å². The highest BCUT2D eigenvalue weighted by atomic mass is 16.5. The number of aromatic nitrogens is 1. The molecule has 2 aromatic rings. The normalized spacial score (nSPS) is 11.6. The smallest absolute Gasteiger partial charge is 0.255 e. The molecule has 116 valence electrons. The molecule has 0 spiro atoms. The molecule has 6 heteroatoms. The van der Waals surface area contributed by atoms with Crippen molar-refractivity contribution in [2.75, 3.05) is 20.0 Å². The Bertz CT molecular complexity index is 673. The molecule has 0 aliphatic heterocycles. The average Bonchev–Trinajstić information content (AvgIpc) is 2.54. The Morgan fingerprint density at radius 1 is 1.23 bits per heavy atom. The summed E-state index contributed by atoms with van der Waals surface area (Å²) in [4.78, 5) is 16.2. The zero-order valence-corrected chi connectivity index (χ0v) is 12.8. The van der Waals surface area contributed by atoms with Gasteiger partial charge in [0, 0.05) is 6.20 Å². The number of nitrogens with zero attached hydrogens (tertiary/aromatic N) is 1. The molecular weight excluding hydrogens is 282 g/mol. The summed E-state index contributed by atoms with van der Waals surface area (Å²) in [6, 6.07) is 8.60. The maximum Gasteiger partial charge on any atom is 0.255 e. The number of pyridine rings is 1. The minimum atomic E-state index is -0.270. The van der Waals surface area contributed by atoms with Gasteiger partial charge in [0.1, 0.15) is 5.82 Å². The van der Waals surface area contributed by atoms with Crippen LogP contribution >= 0.6 is 0 Å². The van der Waals surface area contributed by atoms with E-state index in [1.807, 2.05) is 19.1 Å². The number of methoxy groups -OCH3 is 2. The lowest BCUT2D eigenvalue weighted by molar-refractivity contribution is 0.0940. The van der Waals surface area contributed by atoms with Crippen molar-refractivity contribution in [3.63, 3.8) is 0 Å². The number of carbonyl (C=O) groups is 1. The maximum atomic E-state index is 12.2. The molecular formula is C16H19N3O3. The van der Waals surface area contributed by atoms with E-state index in [9.17, 15) is 4.79 Å². The molecule has 0 aliphatic rings. The van der Waals surface area contributed by atoms with E-state index in [0.29, 0.717) is 17.1 Å². The fraction of sp³-hybridized carbons (Fsp3) is 0.250. The summed E-state index contributed by atoms with van der Waals surface area (Å²) in [5.41, 5.74) is 6.96. The van der Waals surface area contributed by atoms with E-state index >= 15 is 0 Å². The lowest BCUT2D eigenvalue weighted by Crippen LogP contribution is -2.27. The zero-order chi connectivity index (χ0) is 16.1. The van der Waals surface area contributed by atoms with Crippen molar-refractivity contribution in [2.24, 2.45) is 0 Å². The molecule has 0 aliphatic carbocycles. The van der Waals surface area contributed by atoms with Gasteiger partial charge in [0.25, 0.3) is 5.91 Å². The number of hydrogen-bond donors (Lipinski definition) is 2. The predicted octanol–water partition coefficient (Wildman–Crippen LogP) is 2.17. The van der Waals surface area contributed by atoms with Crippen molar-refractivity contribution in [3.8, 4) is 11.5 Å². The third kappa shape index (κ3) is 3.28. The summed E-state index contributed by atoms with van der Waals surface area (Å²) in [6.45, 7) is 1.88. The number of nitrogens with two attached hydrogens (primary N) is 1. The summed E-state index contributed by atoms with van der Waals surface area (Å²) in [5, 5.41) is 2.89. The Labute approximate surface area is 129 Å². The first-order valence-corrected chi connectivity index (χ1v) is 6.80. The number of ether oxygens (including phenoxy) is 2. The first kappa shape index (κ1) is 15.6. The lowest BCUT2D eigenvalue weighted by Gasteiger charge is -2.17. The number of rotatable bonds is 5. The van der Waals surface area contributed by atoms with Crippen LogP contribution in [0, 0.1) is 0 Å². The van der Waals surface area contributed by atoms with Crippen molar-refractivity contribution >= 4 is 11.7 Å². The van der Waals surface area contributed by atoms with Crippen LogP contribution in [-0.2, 0) is 0 Å². The van der Waals surface area contributed by atoms with Gasteiger partial charge in [0.2, 0.25) is 0 Å². The second kappa shape index (κ2) is 6.80. The van der Waals surface area contributed by atoms with E-state index < -0.39 is 0 Å². The predicted molar refractivity (Wildman–Crippen MR) is 84.1 cm³/mol. The van der Waals surface area contributed by atoms with Crippen LogP contribution in [0.2, 0.25) is 0 Å². The number of nitrogen functional groups attached to an aromatic ring is 1. The number of benzene rings is 1. The molecule has 6 nitrogen and oxygen atoms in total. The molecule has 0 radical (unpaired) electrons. The van der Waals surface area contributed by atoms with Gasteiger partial charge in [-0.3, -0.25) is 4.79 Å². The van der Waals surface area contributed by atoms with Crippen LogP contribution in [0.25, 0.3) is 0 Å². The van der Waals surface area contributed by atoms with E-state index in [1.54, 1.807) is 38.6 Å². The summed E-state index contributed by atoms with van der Waals surface area (Å²) in [6.07, 6.45) is 1.55. The van der Waals surface area contributed by atoms with E-state index in [4.69, 9.17) is 15.2 Å². The second-order valence-electron chi connectivity index (χ2n) is 4.75. The van der Waals surface area contributed by atoms with Gasteiger partial charge in [-0.15, -0.1) is 0 Å². The fourth-order valence-corrected chi connectivity index (χ4v) is 2.09. The summed E-state index contributed by atoms with van der Waals surface area (Å²) in [5.74, 6) is 1.19. The molecule has 1 atom stereocenters. The lowest BCUT2D eigenvalue weighted by atomic mass is 10.1. The standard InChI is InChI=1S/C16H19N3O3/c1-10(11-6-7-13(21-2)14(9-11)22-3)19-16(20)12-5-4-8-18-15(12)17/h4-10H,1-3H3,(H2,17,18)(H,19,20)/t10-/m1/s1. The Morgan fingerprint density at radius 2 is 1.95 bits per heavy atom. The van der Waals surface area contributed by atoms with Crippen LogP contribution < -0.4 is 20.5 Å². The molecule has 3 N–H and O–H groups in total. The van der Waals surface area contributed by atoms with Gasteiger partial charge in [-0.25, -0.2) is 4.98 Å². The van der Waals surface area contributed by atoms with Crippen molar-refractivity contribution in [1.29, 1.82) is 0 Å². The Kier molecular flexibility index (Phi) is 4.83. The van der Waals surface area contributed by atoms with Crippen molar-refractivity contribution < 1.29 is 14.3 Å². The summed E-state index contributed by atoms with van der Waals surface area (Å²) < 4.78 is 10.5. The third-order valence-electron chi connectivity index (χ3n) is 3.34. The molecule has 0 fully saturated rings. The van der Waals surface area contributed by atoms with Crippen LogP contribution in [0.4, 0.5) is 5.82 Å². The third-order valence-corrected chi connectivity index (χ3v) is 3.34. The van der Waals surface area contributed by atoms with Crippen molar-refractivity contribution in [3.05, 3.63) is 47.7 Å². The van der Waals surface area contributed by atoms with E-state index in [2.05, 4.69) is 10.3 Å². The number of anilines is 1. The number of hydrogen-bond acceptors (Lipinski definition) is 5. The molecule has 0 saturated heterocycles. The number of nitrogens with one attached hydrogen (secondary N) is 1. The summed E-state index contributed by atoms with van der Waals surface area (Å²) >= 11 is 0. The zero-order valence-electron chi connectivity index (χ0n) is 12.8. The number of amides is 1. The monoisotopic (exact) mass is 301 g/mol. The first-order valence-electron chi connectivity index (χ1n) is 6.80. The topological polar surface area (TPSA) is 86.5 Å². The minimum Gasteiger partial charge on any atom is -0.493 e. The molecule has 0 saturated carbocycles. The molecule has 0 bridgehead atoms. The second-order valence-corrected chi connectivity index (χ2v) is 4.75. The maximum absolute atomic E-state index is 12.2. The highest BCUT2D eigenvalue weighted by molar-refractivity contribution is 5.98. The Morgan fingerprint density at radius 3 is 2.59 bits per heavy atom. The molecule has 1 aromatic carbocycles. The van der Waals surface area contributed by atoms with Gasteiger partial charge in [-0.2, -0.15) is 0 Å². The van der Waals surface area contributed by atoms with E-state index in [0.717, 1.165) is 5.56 Å². The number of carbonyl (C=O) groups excluding carboxylic acids is 1. The van der Waals surface area contributed by atoms with Gasteiger partial charge in [-0.1, -0.05) is 6.07 Å². The largest absolute Gasteiger partial charge is 0.493 e. The van der Waals surface area contributed by atoms with Gasteiger partial charge in [0.05, 0.1) is 25.8 Å². The highest BCUT2D eigenvalue weighted by Gasteiger charge is 2.15. The van der Waals surface area contributed by atoms with Gasteiger partial charge < -0.3 is 20.5 Å². The molecule has 22 heavy (non-hydrogen) atoms. The van der Waals surface area contributed by atoms with E-state index in [1.165, 1.54) is 0 Å². The quantitative estimate of drug-likeness (QED) is 0.884. The summed E-state index contributed by atoms with van der Waals surface area (Å²) in [7, 11) is 3.15. The SMILES string of the molecule is COc1ccc([C@@H](C)NC(=O)c2cccnc2N)cc1OC. The van der Waals surface area contributed by atoms with Crippen molar-refractivity contribution in [1.82, 2.24) is 10.3 Å². The first-order chi connectivity index (χ1) is 10.6. The highest BCUT2D eigenvalue weighted by Crippen LogP contribution is 2.30. The van der Waals surface area contributed by atoms with E-state index in [-0.39, 0.29) is 17.8 Å². The van der Waals surface area contributed by atoms with Gasteiger partial charge in [-0.05, 0) is 36.8 Å². The average molecular weight is 301 g/mol. The van der Waals surface area contributed by atoms with Crippen LogP contribution in [0.3, 0.4) is 0 Å². The van der Waals surface area contributed by atoms with Crippen molar-refractivity contribution in [2.45, 2.75) is 13.0 Å². The van der Waals surface area contributed by atoms with Crippen LogP contribution in [0.1, 0.15) is 28.9 Å². The molecule has 1 amide bonds. The fourth-order valence-electron chi connectivity index (χ4n) is 2.09. The molecule has 1 heterocycles. The Balaban J connectivity index is 2.17. The molecule has 1 aromatic heterocycles. The minimum absolute atomic E-state index is 0.208. The van der Waals surface area contributed by atoms with Crippen LogP contribution in [0.5, 0.6) is 11.5 Å². The molecule has 0 unspecified atom stereocenters. The molecule has 2 rings (SSSR count). The van der Waals surface area contributed by atoms with Gasteiger partial charge in [0.15, 0.2) is 11.5 Å². The Hall–Kier alpha value is -2.76.